The van der Waals surface area contributed by atoms with E-state index < -0.39 is 16.1 Å². The fraction of sp³-hybridized carbons (Fsp3) is 0.375. The van der Waals surface area contributed by atoms with Gasteiger partial charge in [0, 0.05) is 32.8 Å². The Kier molecular flexibility index (Phi) is 4.42. The highest BCUT2D eigenvalue weighted by atomic mass is 32.2. The lowest BCUT2D eigenvalue weighted by Gasteiger charge is -2.17. The fourth-order valence-electron chi connectivity index (χ4n) is 2.69. The second kappa shape index (κ2) is 6.37. The molecule has 1 saturated carbocycles. The lowest BCUT2D eigenvalue weighted by atomic mass is 10.2. The van der Waals surface area contributed by atoms with Crippen molar-refractivity contribution in [1.29, 1.82) is 0 Å². The van der Waals surface area contributed by atoms with Gasteiger partial charge in [0.05, 0.1) is 6.20 Å². The summed E-state index contributed by atoms with van der Waals surface area (Å²) in [5, 5.41) is 4.08. The van der Waals surface area contributed by atoms with Gasteiger partial charge in [-0.25, -0.2) is 4.72 Å². The second-order valence-electron chi connectivity index (χ2n) is 6.11. The van der Waals surface area contributed by atoms with E-state index in [0.717, 1.165) is 15.4 Å². The molecule has 0 aliphatic heterocycles. The summed E-state index contributed by atoms with van der Waals surface area (Å²) in [5.74, 6) is -0.716. The molecule has 2 atom stereocenters. The quantitative estimate of drug-likeness (QED) is 0.845. The van der Waals surface area contributed by atoms with Crippen molar-refractivity contribution in [2.24, 2.45) is 13.0 Å². The average Bonchev–Trinajstić information content (AvgIpc) is 3.23. The van der Waals surface area contributed by atoms with E-state index in [1.165, 1.54) is 7.05 Å². The Balaban J connectivity index is 1.59. The van der Waals surface area contributed by atoms with Crippen LogP contribution in [0.15, 0.2) is 42.7 Å². The molecule has 1 amide bonds. The maximum absolute atomic E-state index is 12.3. The van der Waals surface area contributed by atoms with Crippen molar-refractivity contribution in [3.05, 3.63) is 53.9 Å². The normalized spacial score (nSPS) is 20.1. The van der Waals surface area contributed by atoms with Gasteiger partial charge in [-0.15, -0.1) is 0 Å². The van der Waals surface area contributed by atoms with Crippen molar-refractivity contribution in [1.82, 2.24) is 18.8 Å². The standard InChI is InChI=1S/C16H20N4O3S/c1-19-11-13(9-17-19)14-8-15(14)16(21)18-24(22,23)20(2)10-12-6-4-3-5-7-12/h3-7,9,11,14-15H,8,10H2,1-2H3,(H,18,21)/t14-,15+/m0/s1. The summed E-state index contributed by atoms with van der Waals surface area (Å²) in [6.07, 6.45) is 4.22. The highest BCUT2D eigenvalue weighted by molar-refractivity contribution is 7.87. The van der Waals surface area contributed by atoms with Crippen molar-refractivity contribution >= 4 is 16.1 Å². The molecule has 0 saturated heterocycles. The van der Waals surface area contributed by atoms with Crippen LogP contribution in [0, 0.1) is 5.92 Å². The Bertz CT molecular complexity index is 832. The molecule has 2 aromatic rings. The lowest BCUT2D eigenvalue weighted by Crippen LogP contribution is -2.41. The maximum atomic E-state index is 12.3. The van der Waals surface area contributed by atoms with Crippen molar-refractivity contribution in [2.75, 3.05) is 7.05 Å². The number of nitrogens with zero attached hydrogens (tertiary/aromatic N) is 3. The minimum Gasteiger partial charge on any atom is -0.276 e. The molecule has 8 heteroatoms. The Morgan fingerprint density at radius 2 is 2.08 bits per heavy atom. The smallest absolute Gasteiger partial charge is 0.276 e. The summed E-state index contributed by atoms with van der Waals surface area (Å²) >= 11 is 0. The first kappa shape index (κ1) is 16.7. The van der Waals surface area contributed by atoms with Gasteiger partial charge in [-0.1, -0.05) is 30.3 Å². The number of amides is 1. The van der Waals surface area contributed by atoms with Crippen LogP contribution in [0.4, 0.5) is 0 Å². The first-order valence-corrected chi connectivity index (χ1v) is 9.11. The molecule has 1 heterocycles. The lowest BCUT2D eigenvalue weighted by molar-refractivity contribution is -0.120. The summed E-state index contributed by atoms with van der Waals surface area (Å²) in [6, 6.07) is 9.24. The van der Waals surface area contributed by atoms with Crippen LogP contribution in [0.5, 0.6) is 0 Å². The Morgan fingerprint density at radius 3 is 2.71 bits per heavy atom. The van der Waals surface area contributed by atoms with E-state index in [0.29, 0.717) is 6.42 Å². The molecule has 1 fully saturated rings. The van der Waals surface area contributed by atoms with Gasteiger partial charge < -0.3 is 0 Å². The van der Waals surface area contributed by atoms with Gasteiger partial charge in [0.2, 0.25) is 5.91 Å². The Hall–Kier alpha value is -2.19. The number of hydrogen-bond donors (Lipinski definition) is 1. The molecule has 0 bridgehead atoms. The molecule has 1 N–H and O–H groups in total. The highest BCUT2D eigenvalue weighted by Crippen LogP contribution is 2.47. The zero-order chi connectivity index (χ0) is 17.3. The summed E-state index contributed by atoms with van der Waals surface area (Å²) in [6.45, 7) is 0.208. The van der Waals surface area contributed by atoms with Crippen molar-refractivity contribution < 1.29 is 13.2 Å². The molecule has 1 aliphatic rings. The van der Waals surface area contributed by atoms with Crippen molar-refractivity contribution in [2.45, 2.75) is 18.9 Å². The van der Waals surface area contributed by atoms with Gasteiger partial charge in [-0.05, 0) is 23.5 Å². The van der Waals surface area contributed by atoms with Crippen LogP contribution in [-0.4, -0.2) is 35.5 Å². The van der Waals surface area contributed by atoms with Crippen LogP contribution in [0.3, 0.4) is 0 Å². The zero-order valence-corrected chi connectivity index (χ0v) is 14.4. The van der Waals surface area contributed by atoms with Crippen molar-refractivity contribution in [3.8, 4) is 0 Å². The van der Waals surface area contributed by atoms with Gasteiger partial charge in [-0.2, -0.15) is 17.8 Å². The molecular weight excluding hydrogens is 328 g/mol. The van der Waals surface area contributed by atoms with Gasteiger partial charge >= 0.3 is 10.2 Å². The number of aromatic nitrogens is 2. The van der Waals surface area contributed by atoms with Gasteiger partial charge in [0.25, 0.3) is 0 Å². The van der Waals surface area contributed by atoms with Gasteiger partial charge in [0.15, 0.2) is 0 Å². The molecule has 1 aromatic heterocycles. The topological polar surface area (TPSA) is 84.3 Å². The van der Waals surface area contributed by atoms with Crippen LogP contribution in [0.1, 0.15) is 23.5 Å². The molecule has 0 radical (unpaired) electrons. The first-order chi connectivity index (χ1) is 11.4. The van der Waals surface area contributed by atoms with Crippen LogP contribution in [0.2, 0.25) is 0 Å². The SMILES string of the molecule is CN(Cc1ccccc1)S(=O)(=O)NC(=O)[C@@H]1C[C@H]1c1cnn(C)c1. The largest absolute Gasteiger partial charge is 0.303 e. The molecular formula is C16H20N4O3S. The van der Waals surface area contributed by atoms with E-state index in [2.05, 4.69) is 9.82 Å². The summed E-state index contributed by atoms with van der Waals surface area (Å²) in [7, 11) is -0.588. The number of benzene rings is 1. The zero-order valence-electron chi connectivity index (χ0n) is 13.6. The average molecular weight is 348 g/mol. The van der Waals surface area contributed by atoms with Crippen LogP contribution in [0.25, 0.3) is 0 Å². The maximum Gasteiger partial charge on any atom is 0.303 e. The number of nitrogens with one attached hydrogen (secondary N) is 1. The third kappa shape index (κ3) is 3.65. The summed E-state index contributed by atoms with van der Waals surface area (Å²) < 4.78 is 29.6. The van der Waals surface area contributed by atoms with E-state index in [-0.39, 0.29) is 18.4 Å². The number of aryl methyl sites for hydroxylation is 1. The summed E-state index contributed by atoms with van der Waals surface area (Å²) in [4.78, 5) is 12.2. The number of carbonyl (C=O) groups excluding carboxylic acids is 1. The molecule has 128 valence electrons. The van der Waals surface area contributed by atoms with E-state index in [1.54, 1.807) is 10.9 Å². The number of carbonyl (C=O) groups is 1. The molecule has 7 nitrogen and oxygen atoms in total. The molecule has 1 aliphatic carbocycles. The monoisotopic (exact) mass is 348 g/mol. The Morgan fingerprint density at radius 1 is 1.38 bits per heavy atom. The summed E-state index contributed by atoms with van der Waals surface area (Å²) in [5.41, 5.74) is 1.82. The van der Waals surface area contributed by atoms with E-state index in [1.807, 2.05) is 43.6 Å². The van der Waals surface area contributed by atoms with E-state index in [4.69, 9.17) is 0 Å². The predicted molar refractivity (Wildman–Crippen MR) is 89.0 cm³/mol. The highest BCUT2D eigenvalue weighted by Gasteiger charge is 2.46. The first-order valence-electron chi connectivity index (χ1n) is 7.67. The van der Waals surface area contributed by atoms with Crippen molar-refractivity contribution in [3.63, 3.8) is 0 Å². The molecule has 1 aromatic carbocycles. The minimum absolute atomic E-state index is 0.0494. The van der Waals surface area contributed by atoms with Crippen LogP contribution >= 0.6 is 0 Å². The van der Waals surface area contributed by atoms with Gasteiger partial charge in [-0.3, -0.25) is 9.48 Å². The number of rotatable bonds is 6. The molecule has 24 heavy (non-hydrogen) atoms. The predicted octanol–water partition coefficient (Wildman–Crippen LogP) is 1.02. The third-order valence-corrected chi connectivity index (χ3v) is 5.58. The van der Waals surface area contributed by atoms with E-state index >= 15 is 0 Å². The van der Waals surface area contributed by atoms with Gasteiger partial charge in [0.1, 0.15) is 0 Å². The second-order valence-corrected chi connectivity index (χ2v) is 7.89. The van der Waals surface area contributed by atoms with Crippen LogP contribution in [-0.2, 0) is 28.6 Å². The van der Waals surface area contributed by atoms with E-state index in [9.17, 15) is 13.2 Å². The molecule has 3 rings (SSSR count). The fourth-order valence-corrected chi connectivity index (χ4v) is 3.57. The third-order valence-electron chi connectivity index (χ3n) is 4.17. The molecule has 0 spiro atoms. The molecule has 0 unspecified atom stereocenters. The number of hydrogen-bond acceptors (Lipinski definition) is 4. The Labute approximate surface area is 141 Å². The van der Waals surface area contributed by atoms with Crippen LogP contribution < -0.4 is 4.72 Å². The minimum atomic E-state index is -3.85.